The molecule has 3 heteroatoms. The predicted octanol–water partition coefficient (Wildman–Crippen LogP) is 4.07. The molecule has 1 heterocycles. The number of aromatic nitrogens is 1. The Balaban J connectivity index is 2.72. The molecule has 0 aliphatic rings. The normalized spacial score (nSPS) is 10.9. The number of pyridine rings is 1. The lowest BCUT2D eigenvalue weighted by molar-refractivity contribution is 0.635. The quantitative estimate of drug-likeness (QED) is 0.879. The van der Waals surface area contributed by atoms with Crippen LogP contribution in [0.15, 0.2) is 18.2 Å². The zero-order valence-corrected chi connectivity index (χ0v) is 11.2. The van der Waals surface area contributed by atoms with Gasteiger partial charge in [0, 0.05) is 23.3 Å². The molecular formula is C15H19FN2. The minimum Gasteiger partial charge on any atom is -0.385 e. The van der Waals surface area contributed by atoms with E-state index in [2.05, 4.69) is 17.2 Å². The highest BCUT2D eigenvalue weighted by molar-refractivity contribution is 5.94. The molecular weight excluding hydrogens is 227 g/mol. The van der Waals surface area contributed by atoms with Gasteiger partial charge >= 0.3 is 0 Å². The van der Waals surface area contributed by atoms with Crippen LogP contribution in [0.2, 0.25) is 0 Å². The molecule has 2 nitrogen and oxygen atoms in total. The molecule has 0 amide bonds. The van der Waals surface area contributed by atoms with E-state index in [1.54, 1.807) is 6.07 Å². The van der Waals surface area contributed by atoms with Crippen LogP contribution in [-0.4, -0.2) is 11.5 Å². The van der Waals surface area contributed by atoms with Crippen LogP contribution in [0.25, 0.3) is 10.9 Å². The highest BCUT2D eigenvalue weighted by Crippen LogP contribution is 2.28. The zero-order chi connectivity index (χ0) is 13.1. The van der Waals surface area contributed by atoms with Gasteiger partial charge in [0.05, 0.1) is 0 Å². The van der Waals surface area contributed by atoms with Crippen LogP contribution >= 0.6 is 0 Å². The van der Waals surface area contributed by atoms with Gasteiger partial charge in [-0.25, -0.2) is 9.37 Å². The van der Waals surface area contributed by atoms with Gasteiger partial charge in [-0.3, -0.25) is 0 Å². The first-order valence-electron chi connectivity index (χ1n) is 6.50. The fraction of sp³-hybridized carbons (Fsp3) is 0.400. The van der Waals surface area contributed by atoms with Gasteiger partial charge in [-0.05, 0) is 38.0 Å². The largest absolute Gasteiger partial charge is 0.385 e. The van der Waals surface area contributed by atoms with Crippen molar-refractivity contribution in [3.63, 3.8) is 0 Å². The molecule has 0 aliphatic heterocycles. The van der Waals surface area contributed by atoms with E-state index in [-0.39, 0.29) is 5.82 Å². The van der Waals surface area contributed by atoms with E-state index in [4.69, 9.17) is 0 Å². The van der Waals surface area contributed by atoms with Gasteiger partial charge in [0.2, 0.25) is 0 Å². The number of fused-ring (bicyclic) bond motifs is 1. The van der Waals surface area contributed by atoms with E-state index in [1.807, 2.05) is 19.9 Å². The lowest BCUT2D eigenvalue weighted by atomic mass is 10.1. The summed E-state index contributed by atoms with van der Waals surface area (Å²) in [6, 6.07) is 5.34. The Morgan fingerprint density at radius 3 is 2.72 bits per heavy atom. The average Bonchev–Trinajstić information content (AvgIpc) is 2.34. The number of hydrogen-bond donors (Lipinski definition) is 1. The van der Waals surface area contributed by atoms with E-state index in [0.29, 0.717) is 5.52 Å². The van der Waals surface area contributed by atoms with Crippen molar-refractivity contribution < 1.29 is 4.39 Å². The molecule has 2 aromatic rings. The number of aryl methyl sites for hydroxylation is 2. The molecule has 0 saturated carbocycles. The lowest BCUT2D eigenvalue weighted by Crippen LogP contribution is -2.02. The number of nitrogens with one attached hydrogen (secondary N) is 1. The number of hydrogen-bond acceptors (Lipinski definition) is 2. The smallest absolute Gasteiger partial charge is 0.149 e. The first kappa shape index (κ1) is 12.8. The summed E-state index contributed by atoms with van der Waals surface area (Å²) in [4.78, 5) is 4.45. The third-order valence-electron chi connectivity index (χ3n) is 3.05. The van der Waals surface area contributed by atoms with Crippen LogP contribution in [0.5, 0.6) is 0 Å². The summed E-state index contributed by atoms with van der Waals surface area (Å²) in [6.45, 7) is 6.95. The Kier molecular flexibility index (Phi) is 3.80. The summed E-state index contributed by atoms with van der Waals surface area (Å²) in [6.07, 6.45) is 1.89. The second-order valence-corrected chi connectivity index (χ2v) is 4.53. The summed E-state index contributed by atoms with van der Waals surface area (Å²) < 4.78 is 13.9. The van der Waals surface area contributed by atoms with Crippen molar-refractivity contribution in [2.24, 2.45) is 0 Å². The maximum atomic E-state index is 13.9. The molecule has 0 spiro atoms. The Bertz CT molecular complexity index is 564. The SMILES string of the molecule is CCCc1cc(NCC)c2c(C)ccc(F)c2n1. The topological polar surface area (TPSA) is 24.9 Å². The molecule has 0 saturated heterocycles. The summed E-state index contributed by atoms with van der Waals surface area (Å²) in [7, 11) is 0. The predicted molar refractivity (Wildman–Crippen MR) is 74.6 cm³/mol. The highest BCUT2D eigenvalue weighted by atomic mass is 19.1. The van der Waals surface area contributed by atoms with Gasteiger partial charge in [0.15, 0.2) is 0 Å². The van der Waals surface area contributed by atoms with Crippen LogP contribution in [0.4, 0.5) is 10.1 Å². The number of halogens is 1. The number of rotatable bonds is 4. The maximum absolute atomic E-state index is 13.9. The molecule has 0 aliphatic carbocycles. The molecule has 2 rings (SSSR count). The molecule has 0 radical (unpaired) electrons. The first-order chi connectivity index (χ1) is 8.67. The molecule has 0 unspecified atom stereocenters. The van der Waals surface area contributed by atoms with Crippen molar-refractivity contribution in [1.82, 2.24) is 4.98 Å². The van der Waals surface area contributed by atoms with Crippen molar-refractivity contribution in [2.45, 2.75) is 33.6 Å². The van der Waals surface area contributed by atoms with E-state index < -0.39 is 0 Å². The van der Waals surface area contributed by atoms with Gasteiger partial charge in [-0.1, -0.05) is 19.4 Å². The lowest BCUT2D eigenvalue weighted by Gasteiger charge is -2.13. The Hall–Kier alpha value is -1.64. The molecule has 0 bridgehead atoms. The molecule has 18 heavy (non-hydrogen) atoms. The highest BCUT2D eigenvalue weighted by Gasteiger charge is 2.11. The molecule has 1 aromatic carbocycles. The summed E-state index contributed by atoms with van der Waals surface area (Å²) >= 11 is 0. The average molecular weight is 246 g/mol. The summed E-state index contributed by atoms with van der Waals surface area (Å²) in [5.41, 5.74) is 3.48. The maximum Gasteiger partial charge on any atom is 0.149 e. The van der Waals surface area contributed by atoms with Gasteiger partial charge in [0.25, 0.3) is 0 Å². The summed E-state index contributed by atoms with van der Waals surface area (Å²) in [5, 5.41) is 4.21. The van der Waals surface area contributed by atoms with Crippen LogP contribution in [0.1, 0.15) is 31.5 Å². The third kappa shape index (κ3) is 2.30. The Labute approximate surface area is 107 Å². The third-order valence-corrected chi connectivity index (χ3v) is 3.05. The minimum absolute atomic E-state index is 0.243. The molecule has 1 aromatic heterocycles. The molecule has 0 atom stereocenters. The number of benzene rings is 1. The fourth-order valence-corrected chi connectivity index (χ4v) is 2.24. The second kappa shape index (κ2) is 5.34. The molecule has 1 N–H and O–H groups in total. The van der Waals surface area contributed by atoms with E-state index >= 15 is 0 Å². The van der Waals surface area contributed by atoms with E-state index in [0.717, 1.165) is 41.7 Å². The van der Waals surface area contributed by atoms with E-state index in [9.17, 15) is 4.39 Å². The van der Waals surface area contributed by atoms with Crippen LogP contribution in [-0.2, 0) is 6.42 Å². The molecule has 0 fully saturated rings. The monoisotopic (exact) mass is 246 g/mol. The van der Waals surface area contributed by atoms with Crippen molar-refractivity contribution in [2.75, 3.05) is 11.9 Å². The summed E-state index contributed by atoms with van der Waals surface area (Å²) in [5.74, 6) is -0.243. The fourth-order valence-electron chi connectivity index (χ4n) is 2.24. The van der Waals surface area contributed by atoms with Crippen LogP contribution in [0, 0.1) is 12.7 Å². The second-order valence-electron chi connectivity index (χ2n) is 4.53. The first-order valence-corrected chi connectivity index (χ1v) is 6.50. The Morgan fingerprint density at radius 2 is 2.06 bits per heavy atom. The van der Waals surface area contributed by atoms with Crippen LogP contribution in [0.3, 0.4) is 0 Å². The van der Waals surface area contributed by atoms with Crippen molar-refractivity contribution >= 4 is 16.6 Å². The number of anilines is 1. The van der Waals surface area contributed by atoms with Crippen molar-refractivity contribution in [1.29, 1.82) is 0 Å². The van der Waals surface area contributed by atoms with Gasteiger partial charge in [-0.2, -0.15) is 0 Å². The van der Waals surface area contributed by atoms with Gasteiger partial charge in [0.1, 0.15) is 11.3 Å². The minimum atomic E-state index is -0.243. The van der Waals surface area contributed by atoms with Crippen molar-refractivity contribution in [3.05, 3.63) is 35.3 Å². The van der Waals surface area contributed by atoms with E-state index in [1.165, 1.54) is 6.07 Å². The zero-order valence-electron chi connectivity index (χ0n) is 11.2. The standard InChI is InChI=1S/C15H19FN2/c1-4-6-11-9-13(17-5-2)14-10(3)7-8-12(16)15(14)18-11/h7-9H,4-6H2,1-3H3,(H,17,18). The molecule has 96 valence electrons. The number of nitrogens with zero attached hydrogens (tertiary/aromatic N) is 1. The van der Waals surface area contributed by atoms with Gasteiger partial charge in [-0.15, -0.1) is 0 Å². The van der Waals surface area contributed by atoms with Crippen LogP contribution < -0.4 is 5.32 Å². The Morgan fingerprint density at radius 1 is 1.28 bits per heavy atom. The van der Waals surface area contributed by atoms with Gasteiger partial charge < -0.3 is 5.32 Å². The van der Waals surface area contributed by atoms with Crippen molar-refractivity contribution in [3.8, 4) is 0 Å².